The summed E-state index contributed by atoms with van der Waals surface area (Å²) in [5.74, 6) is -1.06. The highest BCUT2D eigenvalue weighted by atomic mass is 16.5. The van der Waals surface area contributed by atoms with Gasteiger partial charge < -0.3 is 24.6 Å². The molecule has 7 heteroatoms. The molecular formula is C26H31NO6. The molecular weight excluding hydrogens is 422 g/mol. The molecule has 1 saturated heterocycles. The lowest BCUT2D eigenvalue weighted by atomic mass is 9.84. The Bertz CT molecular complexity index is 1080. The summed E-state index contributed by atoms with van der Waals surface area (Å²) in [6.45, 7) is 8.88. The third-order valence-corrected chi connectivity index (χ3v) is 5.62. The molecule has 1 unspecified atom stereocenters. The molecule has 1 amide bonds. The molecule has 33 heavy (non-hydrogen) atoms. The fraction of sp³-hybridized carbons (Fsp3) is 0.385. The van der Waals surface area contributed by atoms with Crippen LogP contribution in [0.2, 0.25) is 0 Å². The number of phenols is 1. The maximum Gasteiger partial charge on any atom is 0.295 e. The summed E-state index contributed by atoms with van der Waals surface area (Å²) in [4.78, 5) is 27.3. The molecule has 0 bridgehead atoms. The molecule has 2 aromatic rings. The van der Waals surface area contributed by atoms with Crippen LogP contribution in [0.3, 0.4) is 0 Å². The molecule has 2 N–H and O–H groups in total. The van der Waals surface area contributed by atoms with Gasteiger partial charge in [0, 0.05) is 24.8 Å². The first-order chi connectivity index (χ1) is 15.6. The highest BCUT2D eigenvalue weighted by Gasteiger charge is 2.46. The Morgan fingerprint density at radius 3 is 2.45 bits per heavy atom. The number of likely N-dealkylation sites (tertiary alicyclic amines) is 1. The van der Waals surface area contributed by atoms with E-state index in [1.807, 2.05) is 27.7 Å². The van der Waals surface area contributed by atoms with Gasteiger partial charge in [0.2, 0.25) is 0 Å². The zero-order chi connectivity index (χ0) is 24.3. The van der Waals surface area contributed by atoms with Crippen molar-refractivity contribution in [2.45, 2.75) is 39.2 Å². The van der Waals surface area contributed by atoms with Crippen molar-refractivity contribution in [1.82, 2.24) is 4.90 Å². The third kappa shape index (κ3) is 4.88. The molecule has 1 aliphatic rings. The predicted molar refractivity (Wildman–Crippen MR) is 125 cm³/mol. The molecule has 1 heterocycles. The average molecular weight is 454 g/mol. The number of hydrogen-bond acceptors (Lipinski definition) is 6. The number of Topliss-reactive ketones (excluding diaryl/α,β-unsaturated/α-hetero) is 1. The minimum absolute atomic E-state index is 0.000848. The molecule has 0 spiro atoms. The second-order valence-corrected chi connectivity index (χ2v) is 8.97. The van der Waals surface area contributed by atoms with E-state index in [4.69, 9.17) is 9.47 Å². The summed E-state index contributed by atoms with van der Waals surface area (Å²) in [5, 5.41) is 21.3. The fourth-order valence-electron chi connectivity index (χ4n) is 4.04. The monoisotopic (exact) mass is 453 g/mol. The van der Waals surface area contributed by atoms with Gasteiger partial charge in [-0.05, 0) is 48.2 Å². The number of aromatic hydroxyl groups is 1. The van der Waals surface area contributed by atoms with E-state index in [-0.39, 0.29) is 35.6 Å². The van der Waals surface area contributed by atoms with E-state index < -0.39 is 17.7 Å². The molecule has 2 aromatic carbocycles. The first-order valence-corrected chi connectivity index (χ1v) is 10.9. The zero-order valence-corrected chi connectivity index (χ0v) is 19.7. The van der Waals surface area contributed by atoms with Crippen molar-refractivity contribution in [2.75, 3.05) is 26.9 Å². The number of carbonyl (C=O) groups is 2. The van der Waals surface area contributed by atoms with E-state index in [1.54, 1.807) is 30.3 Å². The van der Waals surface area contributed by atoms with Crippen LogP contribution in [0.1, 0.15) is 50.4 Å². The molecule has 176 valence electrons. The topological polar surface area (TPSA) is 96.3 Å². The lowest BCUT2D eigenvalue weighted by Gasteiger charge is -2.26. The highest BCUT2D eigenvalue weighted by molar-refractivity contribution is 6.46. The number of ether oxygens (including phenoxy) is 2. The van der Waals surface area contributed by atoms with Gasteiger partial charge in [-0.2, -0.15) is 0 Å². The van der Waals surface area contributed by atoms with Crippen molar-refractivity contribution < 1.29 is 29.3 Å². The van der Waals surface area contributed by atoms with Crippen LogP contribution in [0.15, 0.2) is 48.0 Å². The Hall–Kier alpha value is -3.32. The van der Waals surface area contributed by atoms with Gasteiger partial charge in [-0.25, -0.2) is 0 Å². The van der Waals surface area contributed by atoms with Gasteiger partial charge in [0.05, 0.1) is 24.8 Å². The van der Waals surface area contributed by atoms with Crippen molar-refractivity contribution in [1.29, 1.82) is 0 Å². The molecule has 0 aromatic heterocycles. The normalized spacial score (nSPS) is 18.1. The standard InChI is InChI=1S/C26H31NO6/c1-6-33-20-11-10-17(15-19(20)26(2,3)4)23(29)21-22(16-8-7-9-18(28)14-16)27(12-13-32-5)25(31)24(21)30/h7-11,14-15,22,28-29H,6,12-13H2,1-5H3/b23-21-. The zero-order valence-electron chi connectivity index (χ0n) is 19.7. The first-order valence-electron chi connectivity index (χ1n) is 10.9. The van der Waals surface area contributed by atoms with E-state index in [2.05, 4.69) is 0 Å². The van der Waals surface area contributed by atoms with Crippen LogP contribution < -0.4 is 4.74 Å². The van der Waals surface area contributed by atoms with Crippen LogP contribution in [0, 0.1) is 0 Å². The Morgan fingerprint density at radius 2 is 1.85 bits per heavy atom. The molecule has 1 aliphatic heterocycles. The number of aliphatic hydroxyl groups is 1. The van der Waals surface area contributed by atoms with Crippen LogP contribution in [-0.4, -0.2) is 53.7 Å². The number of nitrogens with zero attached hydrogens (tertiary/aromatic N) is 1. The third-order valence-electron chi connectivity index (χ3n) is 5.62. The maximum atomic E-state index is 13.1. The molecule has 3 rings (SSSR count). The van der Waals surface area contributed by atoms with Crippen LogP contribution in [-0.2, 0) is 19.7 Å². The largest absolute Gasteiger partial charge is 0.508 e. The lowest BCUT2D eigenvalue weighted by Crippen LogP contribution is -2.32. The van der Waals surface area contributed by atoms with E-state index in [1.165, 1.54) is 24.1 Å². The highest BCUT2D eigenvalue weighted by Crippen LogP contribution is 2.41. The second-order valence-electron chi connectivity index (χ2n) is 8.97. The number of rotatable bonds is 7. The lowest BCUT2D eigenvalue weighted by molar-refractivity contribution is -0.140. The number of phenolic OH excluding ortho intramolecular Hbond substituents is 1. The quantitative estimate of drug-likeness (QED) is 0.371. The number of aliphatic hydroxyl groups excluding tert-OH is 1. The summed E-state index contributed by atoms with van der Waals surface area (Å²) in [6, 6.07) is 10.7. The average Bonchev–Trinajstić information content (AvgIpc) is 3.01. The minimum atomic E-state index is -0.850. The minimum Gasteiger partial charge on any atom is -0.508 e. The Morgan fingerprint density at radius 1 is 1.12 bits per heavy atom. The number of amides is 1. The fourth-order valence-corrected chi connectivity index (χ4v) is 4.04. The summed E-state index contributed by atoms with van der Waals surface area (Å²) in [5.41, 5.74) is 1.50. The van der Waals surface area contributed by atoms with Gasteiger partial charge in [-0.1, -0.05) is 32.9 Å². The van der Waals surface area contributed by atoms with Crippen molar-refractivity contribution in [3.8, 4) is 11.5 Å². The molecule has 7 nitrogen and oxygen atoms in total. The number of ketones is 1. The van der Waals surface area contributed by atoms with E-state index in [9.17, 15) is 19.8 Å². The van der Waals surface area contributed by atoms with Gasteiger partial charge in [-0.3, -0.25) is 9.59 Å². The van der Waals surface area contributed by atoms with Crippen molar-refractivity contribution >= 4 is 17.4 Å². The van der Waals surface area contributed by atoms with E-state index in [0.29, 0.717) is 23.5 Å². The summed E-state index contributed by atoms with van der Waals surface area (Å²) >= 11 is 0. The van der Waals surface area contributed by atoms with Crippen LogP contribution in [0.5, 0.6) is 11.5 Å². The first kappa shape index (κ1) is 24.3. The van der Waals surface area contributed by atoms with Crippen LogP contribution in [0.4, 0.5) is 0 Å². The Balaban J connectivity index is 2.21. The Labute approximate surface area is 194 Å². The SMILES string of the molecule is CCOc1ccc(/C(O)=C2/C(=O)C(=O)N(CCOC)C2c2cccc(O)c2)cc1C(C)(C)C. The van der Waals surface area contributed by atoms with E-state index in [0.717, 1.165) is 5.56 Å². The van der Waals surface area contributed by atoms with Crippen LogP contribution in [0.25, 0.3) is 5.76 Å². The molecule has 0 saturated carbocycles. The molecule has 1 fully saturated rings. The maximum absolute atomic E-state index is 13.1. The van der Waals surface area contributed by atoms with Gasteiger partial charge in [0.25, 0.3) is 11.7 Å². The van der Waals surface area contributed by atoms with Crippen molar-refractivity contribution in [3.63, 3.8) is 0 Å². The summed E-state index contributed by atoms with van der Waals surface area (Å²) < 4.78 is 10.9. The molecule has 1 atom stereocenters. The predicted octanol–water partition coefficient (Wildman–Crippen LogP) is 4.16. The van der Waals surface area contributed by atoms with Gasteiger partial charge in [-0.15, -0.1) is 0 Å². The van der Waals surface area contributed by atoms with Crippen molar-refractivity contribution in [2.24, 2.45) is 0 Å². The van der Waals surface area contributed by atoms with Gasteiger partial charge in [0.15, 0.2) is 0 Å². The van der Waals surface area contributed by atoms with Gasteiger partial charge in [0.1, 0.15) is 17.3 Å². The number of methoxy groups -OCH3 is 1. The van der Waals surface area contributed by atoms with Crippen LogP contribution >= 0.6 is 0 Å². The number of carbonyl (C=O) groups excluding carboxylic acids is 2. The Kier molecular flexibility index (Phi) is 7.12. The molecule has 0 aliphatic carbocycles. The van der Waals surface area contributed by atoms with Gasteiger partial charge >= 0.3 is 0 Å². The summed E-state index contributed by atoms with van der Waals surface area (Å²) in [7, 11) is 1.51. The van der Waals surface area contributed by atoms with Crippen molar-refractivity contribution in [3.05, 3.63) is 64.7 Å². The number of hydrogen-bond donors (Lipinski definition) is 2. The smallest absolute Gasteiger partial charge is 0.295 e. The van der Waals surface area contributed by atoms with E-state index >= 15 is 0 Å². The second kappa shape index (κ2) is 9.67. The number of benzene rings is 2. The molecule has 0 radical (unpaired) electrons. The summed E-state index contributed by atoms with van der Waals surface area (Å²) in [6.07, 6.45) is 0.